The van der Waals surface area contributed by atoms with Crippen molar-refractivity contribution < 1.29 is 37.9 Å². The standard InChI is InChI=1S/C52H101O8P/c1-3-5-7-9-11-13-15-17-19-21-23-25-26-27-29-31-33-35-37-39-41-43-45-47-52(54)60-50(49-59-61(55,56)57)48-58-51(53)46-44-42-40-38-36-34-32-30-28-24-22-20-18-16-14-12-10-8-6-4-2/h21,23,50H,3-20,22,24-49H2,1-2H3,(H2,55,56,57)/b23-21-. The van der Waals surface area contributed by atoms with Crippen LogP contribution in [0.15, 0.2) is 12.2 Å². The highest BCUT2D eigenvalue weighted by Crippen LogP contribution is 2.36. The van der Waals surface area contributed by atoms with E-state index in [9.17, 15) is 14.2 Å². The normalized spacial score (nSPS) is 12.4. The van der Waals surface area contributed by atoms with Crippen molar-refractivity contribution in [3.8, 4) is 0 Å². The highest BCUT2D eigenvalue weighted by Gasteiger charge is 2.23. The third kappa shape index (κ3) is 51.3. The highest BCUT2D eigenvalue weighted by atomic mass is 31.2. The zero-order valence-corrected chi connectivity index (χ0v) is 41.2. The van der Waals surface area contributed by atoms with E-state index in [1.807, 2.05) is 0 Å². The predicted octanol–water partition coefficient (Wildman–Crippen LogP) is 16.9. The van der Waals surface area contributed by atoms with Gasteiger partial charge in [-0.15, -0.1) is 0 Å². The van der Waals surface area contributed by atoms with E-state index < -0.39 is 32.5 Å². The number of esters is 2. The maximum atomic E-state index is 12.5. The van der Waals surface area contributed by atoms with E-state index in [1.54, 1.807) is 0 Å². The molecule has 362 valence electrons. The minimum Gasteiger partial charge on any atom is -0.462 e. The first-order valence-corrected chi connectivity index (χ1v) is 28.0. The van der Waals surface area contributed by atoms with Crippen molar-refractivity contribution in [2.24, 2.45) is 0 Å². The second-order valence-corrected chi connectivity index (χ2v) is 19.5. The Hall–Kier alpha value is -1.21. The molecular formula is C52H101O8P. The first-order chi connectivity index (χ1) is 29.8. The van der Waals surface area contributed by atoms with Crippen LogP contribution in [0, 0.1) is 0 Å². The number of carbonyl (C=O) groups is 2. The number of hydrogen-bond acceptors (Lipinski definition) is 6. The Morgan fingerprint density at radius 3 is 1.00 bits per heavy atom. The third-order valence-corrected chi connectivity index (χ3v) is 12.5. The molecule has 0 spiro atoms. The lowest BCUT2D eigenvalue weighted by Gasteiger charge is -2.18. The summed E-state index contributed by atoms with van der Waals surface area (Å²) >= 11 is 0. The quantitative estimate of drug-likeness (QED) is 0.0268. The summed E-state index contributed by atoms with van der Waals surface area (Å²) in [4.78, 5) is 43.1. The Bertz CT molecular complexity index is 998. The second-order valence-electron chi connectivity index (χ2n) is 18.2. The molecule has 0 aromatic heterocycles. The predicted molar refractivity (Wildman–Crippen MR) is 258 cm³/mol. The maximum Gasteiger partial charge on any atom is 0.469 e. The van der Waals surface area contributed by atoms with Crippen molar-refractivity contribution in [2.75, 3.05) is 13.2 Å². The number of rotatable bonds is 50. The van der Waals surface area contributed by atoms with Crippen LogP contribution in [0.5, 0.6) is 0 Å². The van der Waals surface area contributed by atoms with Crippen LogP contribution < -0.4 is 0 Å². The smallest absolute Gasteiger partial charge is 0.462 e. The SMILES string of the molecule is CCCCCCCCCC/C=C\CCCCCCCCCCCCCC(=O)OC(COC(=O)CCCCCCCCCCCCCCCCCCCCCC)COP(=O)(O)O. The molecule has 1 atom stereocenters. The second kappa shape index (κ2) is 48.3. The van der Waals surface area contributed by atoms with Crippen molar-refractivity contribution >= 4 is 19.8 Å². The summed E-state index contributed by atoms with van der Waals surface area (Å²) in [7, 11) is -4.76. The van der Waals surface area contributed by atoms with Gasteiger partial charge in [0.05, 0.1) is 6.61 Å². The van der Waals surface area contributed by atoms with Crippen LogP contribution in [-0.4, -0.2) is 41.0 Å². The van der Waals surface area contributed by atoms with Gasteiger partial charge in [0, 0.05) is 12.8 Å². The molecule has 2 N–H and O–H groups in total. The minimum absolute atomic E-state index is 0.216. The first kappa shape index (κ1) is 59.8. The highest BCUT2D eigenvalue weighted by molar-refractivity contribution is 7.46. The molecule has 0 rings (SSSR count). The summed E-state index contributed by atoms with van der Waals surface area (Å²) in [5.74, 6) is -0.865. The van der Waals surface area contributed by atoms with Crippen LogP contribution in [0.1, 0.15) is 290 Å². The molecule has 1 unspecified atom stereocenters. The zero-order chi connectivity index (χ0) is 44.6. The summed E-state index contributed by atoms with van der Waals surface area (Å²) in [6, 6.07) is 0. The van der Waals surface area contributed by atoms with Crippen molar-refractivity contribution in [1.82, 2.24) is 0 Å². The number of ether oxygens (including phenoxy) is 2. The average Bonchev–Trinajstić information content (AvgIpc) is 3.23. The fraction of sp³-hybridized carbons (Fsp3) is 0.923. The lowest BCUT2D eigenvalue weighted by Crippen LogP contribution is -2.29. The molecule has 0 radical (unpaired) electrons. The van der Waals surface area contributed by atoms with Gasteiger partial charge >= 0.3 is 19.8 Å². The number of allylic oxidation sites excluding steroid dienone is 2. The molecule has 0 saturated carbocycles. The van der Waals surface area contributed by atoms with Crippen LogP contribution in [0.3, 0.4) is 0 Å². The number of phosphoric acid groups is 1. The summed E-state index contributed by atoms with van der Waals surface area (Å²) in [6.07, 6.45) is 56.6. The molecule has 0 aliphatic rings. The van der Waals surface area contributed by atoms with Gasteiger partial charge in [0.1, 0.15) is 6.61 Å². The largest absolute Gasteiger partial charge is 0.469 e. The molecule has 8 nitrogen and oxygen atoms in total. The topological polar surface area (TPSA) is 119 Å². The number of hydrogen-bond donors (Lipinski definition) is 2. The van der Waals surface area contributed by atoms with Gasteiger partial charge in [0.15, 0.2) is 6.10 Å². The van der Waals surface area contributed by atoms with E-state index in [-0.39, 0.29) is 19.4 Å². The summed E-state index contributed by atoms with van der Waals surface area (Å²) in [5, 5.41) is 0. The lowest BCUT2D eigenvalue weighted by atomic mass is 10.0. The van der Waals surface area contributed by atoms with Crippen LogP contribution in [0.4, 0.5) is 0 Å². The maximum absolute atomic E-state index is 12.5. The van der Waals surface area contributed by atoms with Gasteiger partial charge in [0.2, 0.25) is 0 Å². The van der Waals surface area contributed by atoms with Crippen molar-refractivity contribution in [3.63, 3.8) is 0 Å². The molecule has 0 aromatic rings. The molecule has 0 bridgehead atoms. The molecule has 9 heteroatoms. The Kier molecular flexibility index (Phi) is 47.3. The van der Waals surface area contributed by atoms with Crippen LogP contribution >= 0.6 is 7.82 Å². The number of carbonyl (C=O) groups excluding carboxylic acids is 2. The van der Waals surface area contributed by atoms with E-state index in [4.69, 9.17) is 19.3 Å². The number of phosphoric ester groups is 1. The lowest BCUT2D eigenvalue weighted by molar-refractivity contribution is -0.161. The first-order valence-electron chi connectivity index (χ1n) is 26.5. The van der Waals surface area contributed by atoms with Crippen molar-refractivity contribution in [1.29, 1.82) is 0 Å². The van der Waals surface area contributed by atoms with Gasteiger partial charge < -0.3 is 19.3 Å². The Morgan fingerprint density at radius 2 is 0.689 bits per heavy atom. The molecule has 0 fully saturated rings. The Labute approximate surface area is 377 Å². The fourth-order valence-electron chi connectivity index (χ4n) is 8.08. The molecule has 61 heavy (non-hydrogen) atoms. The average molecular weight is 885 g/mol. The van der Waals surface area contributed by atoms with E-state index in [0.29, 0.717) is 6.42 Å². The molecule has 0 aromatic carbocycles. The Morgan fingerprint density at radius 1 is 0.410 bits per heavy atom. The van der Waals surface area contributed by atoms with Gasteiger partial charge in [-0.3, -0.25) is 14.1 Å². The minimum atomic E-state index is -4.76. The van der Waals surface area contributed by atoms with E-state index in [0.717, 1.165) is 38.5 Å². The van der Waals surface area contributed by atoms with Crippen LogP contribution in [-0.2, 0) is 28.2 Å². The summed E-state index contributed by atoms with van der Waals surface area (Å²) in [5.41, 5.74) is 0. The molecule has 0 amide bonds. The summed E-state index contributed by atoms with van der Waals surface area (Å²) < 4.78 is 26.6. The van der Waals surface area contributed by atoms with Crippen LogP contribution in [0.2, 0.25) is 0 Å². The molecule has 0 saturated heterocycles. The van der Waals surface area contributed by atoms with E-state index in [2.05, 4.69) is 30.5 Å². The van der Waals surface area contributed by atoms with E-state index >= 15 is 0 Å². The van der Waals surface area contributed by atoms with Crippen molar-refractivity contribution in [3.05, 3.63) is 12.2 Å². The van der Waals surface area contributed by atoms with Gasteiger partial charge in [0.25, 0.3) is 0 Å². The van der Waals surface area contributed by atoms with Gasteiger partial charge in [-0.05, 0) is 38.5 Å². The number of unbranched alkanes of at least 4 members (excludes halogenated alkanes) is 38. The van der Waals surface area contributed by atoms with Crippen LogP contribution in [0.25, 0.3) is 0 Å². The summed E-state index contributed by atoms with van der Waals surface area (Å²) in [6.45, 7) is 3.75. The van der Waals surface area contributed by atoms with Gasteiger partial charge in [-0.1, -0.05) is 251 Å². The molecule has 0 aliphatic heterocycles. The monoisotopic (exact) mass is 885 g/mol. The van der Waals surface area contributed by atoms with Crippen molar-refractivity contribution in [2.45, 2.75) is 296 Å². The molecule has 0 heterocycles. The van der Waals surface area contributed by atoms with Gasteiger partial charge in [-0.25, -0.2) is 4.57 Å². The third-order valence-electron chi connectivity index (χ3n) is 12.0. The molecule has 0 aliphatic carbocycles. The fourth-order valence-corrected chi connectivity index (χ4v) is 8.44. The molecular weight excluding hydrogens is 784 g/mol. The zero-order valence-electron chi connectivity index (χ0n) is 40.3. The van der Waals surface area contributed by atoms with Gasteiger partial charge in [-0.2, -0.15) is 0 Å². The van der Waals surface area contributed by atoms with E-state index in [1.165, 1.54) is 218 Å². The Balaban J connectivity index is 3.76.